The molecule has 213 valence electrons. The minimum atomic E-state index is -6.09. The van der Waals surface area contributed by atoms with E-state index in [0.717, 1.165) is 22.6 Å². The average molecular weight is 667 g/mol. The molecule has 1 radical (unpaired) electrons. The summed E-state index contributed by atoms with van der Waals surface area (Å²) < 4.78 is 58.9. The van der Waals surface area contributed by atoms with Gasteiger partial charge in [-0.3, -0.25) is 0 Å². The first-order chi connectivity index (χ1) is 16.8. The molecule has 1 aromatic rings. The first-order valence-corrected chi connectivity index (χ1v) is 17.2. The second-order valence-corrected chi connectivity index (χ2v) is 17.3. The van der Waals surface area contributed by atoms with Crippen LogP contribution in [-0.4, -0.2) is 41.1 Å². The SMILES string of the molecule is C1=C\CC/C=C\CC/1.CC1CC[C@@H](C)P1c1ccccc1P1[C@H](C)CC[C@H]1C.O=S(=O)([O-])C(F)(F)F.[Rh]. The molecule has 4 rings (SSSR count). The fourth-order valence-electron chi connectivity index (χ4n) is 5.10. The number of benzene rings is 1. The van der Waals surface area contributed by atoms with Crippen molar-refractivity contribution in [3.8, 4) is 0 Å². The maximum atomic E-state index is 10.7. The van der Waals surface area contributed by atoms with Crippen molar-refractivity contribution in [1.29, 1.82) is 0 Å². The molecule has 0 amide bonds. The van der Waals surface area contributed by atoms with Crippen LogP contribution in [0, 0.1) is 0 Å². The number of hydrogen-bond donors (Lipinski definition) is 0. The summed E-state index contributed by atoms with van der Waals surface area (Å²) in [6.45, 7) is 10.0. The molecule has 3 nitrogen and oxygen atoms in total. The van der Waals surface area contributed by atoms with Gasteiger partial charge in [-0.1, -0.05) is 92.1 Å². The molecule has 5 atom stereocenters. The Labute approximate surface area is 237 Å². The van der Waals surface area contributed by atoms with E-state index in [-0.39, 0.29) is 35.3 Å². The molecule has 0 aromatic heterocycles. The Hall–Kier alpha value is -0.117. The van der Waals surface area contributed by atoms with E-state index in [4.69, 9.17) is 13.0 Å². The van der Waals surface area contributed by atoms with Crippen molar-refractivity contribution < 1.29 is 45.6 Å². The minimum Gasteiger partial charge on any atom is -0.741 e. The van der Waals surface area contributed by atoms with Crippen LogP contribution < -0.4 is 10.6 Å². The average Bonchev–Trinajstić information content (AvgIpc) is 3.27. The van der Waals surface area contributed by atoms with Crippen LogP contribution in [0.15, 0.2) is 48.6 Å². The molecule has 0 saturated carbocycles. The topological polar surface area (TPSA) is 57.2 Å². The quantitative estimate of drug-likeness (QED) is 0.107. The summed E-state index contributed by atoms with van der Waals surface area (Å²) in [7, 11) is -5.93. The number of rotatable bonds is 2. The predicted molar refractivity (Wildman–Crippen MR) is 148 cm³/mol. The van der Waals surface area contributed by atoms with E-state index in [1.165, 1.54) is 51.4 Å². The first kappa shape index (κ1) is 34.9. The molecule has 2 unspecified atom stereocenters. The van der Waals surface area contributed by atoms with Crippen LogP contribution in [0.5, 0.6) is 0 Å². The fourth-order valence-corrected chi connectivity index (χ4v) is 12.3. The van der Waals surface area contributed by atoms with Crippen LogP contribution in [0.25, 0.3) is 0 Å². The Kier molecular flexibility index (Phi) is 15.3. The summed E-state index contributed by atoms with van der Waals surface area (Å²) in [5.41, 5.74) is -1.91. The van der Waals surface area contributed by atoms with Gasteiger partial charge in [-0.05, 0) is 84.6 Å². The van der Waals surface area contributed by atoms with Gasteiger partial charge in [0.1, 0.15) is 0 Å². The van der Waals surface area contributed by atoms with Gasteiger partial charge in [-0.25, -0.2) is 8.42 Å². The maximum absolute atomic E-state index is 10.7. The summed E-state index contributed by atoms with van der Waals surface area (Å²) >= 11 is 0. The van der Waals surface area contributed by atoms with Crippen LogP contribution >= 0.6 is 15.8 Å². The van der Waals surface area contributed by atoms with E-state index in [9.17, 15) is 13.2 Å². The molecule has 10 heteroatoms. The Morgan fingerprint density at radius 3 is 1.16 bits per heavy atom. The molecule has 0 bridgehead atoms. The second-order valence-electron chi connectivity index (χ2n) is 9.85. The Morgan fingerprint density at radius 2 is 0.946 bits per heavy atom. The zero-order chi connectivity index (χ0) is 26.9. The van der Waals surface area contributed by atoms with Gasteiger partial charge in [0.15, 0.2) is 10.1 Å². The molecule has 0 spiro atoms. The van der Waals surface area contributed by atoms with Gasteiger partial charge >= 0.3 is 5.51 Å². The van der Waals surface area contributed by atoms with Crippen molar-refractivity contribution >= 4 is 36.6 Å². The molecule has 2 fully saturated rings. The molecule has 2 aliphatic heterocycles. The monoisotopic (exact) mass is 666 g/mol. The van der Waals surface area contributed by atoms with Gasteiger partial charge in [0.25, 0.3) is 0 Å². The number of hydrogen-bond acceptors (Lipinski definition) is 3. The maximum Gasteiger partial charge on any atom is 0.485 e. The van der Waals surface area contributed by atoms with Gasteiger partial charge in [0.2, 0.25) is 0 Å². The van der Waals surface area contributed by atoms with Crippen LogP contribution in [0.1, 0.15) is 79.1 Å². The molecule has 3 aliphatic rings. The normalized spacial score (nSPS) is 29.9. The van der Waals surface area contributed by atoms with E-state index in [2.05, 4.69) is 76.3 Å². The first-order valence-electron chi connectivity index (χ1n) is 12.8. The Balaban J connectivity index is 0.000000335. The molecule has 2 saturated heterocycles. The predicted octanol–water partition coefficient (Wildman–Crippen LogP) is 7.76. The van der Waals surface area contributed by atoms with Crippen LogP contribution in [0.2, 0.25) is 0 Å². The smallest absolute Gasteiger partial charge is 0.485 e. The summed E-state index contributed by atoms with van der Waals surface area (Å²) in [6, 6.07) is 9.55. The molecule has 0 N–H and O–H groups in total. The minimum absolute atomic E-state index is 0. The van der Waals surface area contributed by atoms with Gasteiger partial charge in [0.05, 0.1) is 0 Å². The van der Waals surface area contributed by atoms with E-state index >= 15 is 0 Å². The van der Waals surface area contributed by atoms with Crippen molar-refractivity contribution in [3.63, 3.8) is 0 Å². The standard InChI is InChI=1S/C18H28P2.C8H12.CHF3O3S.Rh/c1-13-9-10-14(2)19(13)17-7-5-6-8-18(17)20-15(3)11-12-16(20)4;1-2-4-6-8-7-5-3-1;2-1(3,4)8(5,6)7;/h5-8,13-16H,9-12H2,1-4H3;1-2,7-8H,3-6H2;(H,5,6,7);/p-1/b;2-1-,8-7-;;/t13-,14-,15-,16?,20?;;;/m1.../s1. The van der Waals surface area contributed by atoms with Crippen molar-refractivity contribution in [2.24, 2.45) is 0 Å². The van der Waals surface area contributed by atoms with Gasteiger partial charge in [-0.2, -0.15) is 13.2 Å². The molecule has 1 aromatic carbocycles. The van der Waals surface area contributed by atoms with Crippen molar-refractivity contribution in [2.45, 2.75) is 107 Å². The molecule has 2 heterocycles. The summed E-state index contributed by atoms with van der Waals surface area (Å²) in [5, 5.41) is 3.57. The molecule has 37 heavy (non-hydrogen) atoms. The molecular weight excluding hydrogens is 626 g/mol. The van der Waals surface area contributed by atoms with Gasteiger partial charge in [-0.15, -0.1) is 0 Å². The van der Waals surface area contributed by atoms with Gasteiger partial charge in [0, 0.05) is 19.5 Å². The van der Waals surface area contributed by atoms with E-state index in [1.807, 2.05) is 0 Å². The Bertz CT molecular complexity index is 896. The van der Waals surface area contributed by atoms with Crippen LogP contribution in [-0.2, 0) is 29.6 Å². The Morgan fingerprint density at radius 1 is 0.703 bits per heavy atom. The number of halogens is 3. The van der Waals surface area contributed by atoms with E-state index in [1.54, 1.807) is 10.6 Å². The van der Waals surface area contributed by atoms with Crippen molar-refractivity contribution in [3.05, 3.63) is 48.6 Å². The van der Waals surface area contributed by atoms with Crippen LogP contribution in [0.4, 0.5) is 13.2 Å². The van der Waals surface area contributed by atoms with E-state index < -0.39 is 15.6 Å². The number of alkyl halides is 3. The largest absolute Gasteiger partial charge is 0.741 e. The second kappa shape index (κ2) is 16.2. The third-order valence-electron chi connectivity index (χ3n) is 6.96. The zero-order valence-electron chi connectivity index (χ0n) is 22.1. The third kappa shape index (κ3) is 10.8. The summed E-state index contributed by atoms with van der Waals surface area (Å²) in [5.74, 6) is 0. The summed E-state index contributed by atoms with van der Waals surface area (Å²) in [6.07, 6.45) is 19.8. The number of allylic oxidation sites excluding steroid dienone is 4. The van der Waals surface area contributed by atoms with Crippen molar-refractivity contribution in [1.82, 2.24) is 0 Å². The molecule has 1 aliphatic carbocycles. The fraction of sp³-hybridized carbons (Fsp3) is 0.630. The molecular formula is C27H40F3O3P2RhS-. The third-order valence-corrected chi connectivity index (χ3v) is 14.4. The summed E-state index contributed by atoms with van der Waals surface area (Å²) in [4.78, 5) is 0. The van der Waals surface area contributed by atoms with Crippen molar-refractivity contribution in [2.75, 3.05) is 0 Å². The zero-order valence-corrected chi connectivity index (χ0v) is 26.3. The van der Waals surface area contributed by atoms with Crippen LogP contribution in [0.3, 0.4) is 0 Å². The van der Waals surface area contributed by atoms with E-state index in [0.29, 0.717) is 0 Å². The van der Waals surface area contributed by atoms with Gasteiger partial charge < -0.3 is 4.55 Å².